The molecule has 3 aliphatic rings. The van der Waals surface area contributed by atoms with Gasteiger partial charge in [-0.1, -0.05) is 56.4 Å². The van der Waals surface area contributed by atoms with Crippen molar-refractivity contribution in [1.29, 1.82) is 0 Å². The largest absolute Gasteiger partial charge is 0.481 e. The van der Waals surface area contributed by atoms with E-state index in [1.165, 1.54) is 16.7 Å². The zero-order chi connectivity index (χ0) is 14.9. The molecule has 0 N–H and O–H groups in total. The summed E-state index contributed by atoms with van der Waals surface area (Å²) in [5.41, 5.74) is 4.28. The Morgan fingerprint density at radius 3 is 2.67 bits per heavy atom. The zero-order valence-electron chi connectivity index (χ0n) is 13.2. The van der Waals surface area contributed by atoms with Crippen LogP contribution in [0.4, 0.5) is 0 Å². The summed E-state index contributed by atoms with van der Waals surface area (Å²) in [4.78, 5) is 0. The second kappa shape index (κ2) is 3.71. The number of hydrogen-bond acceptors (Lipinski definition) is 1. The number of para-hydroxylation sites is 1. The quantitative estimate of drug-likeness (QED) is 0.706. The molecule has 0 radical (unpaired) electrons. The Bertz CT molecular complexity index is 719. The van der Waals surface area contributed by atoms with E-state index in [9.17, 15) is 0 Å². The Hall–Kier alpha value is -1.76. The lowest BCUT2D eigenvalue weighted by Crippen LogP contribution is -2.61. The van der Waals surface area contributed by atoms with Gasteiger partial charge in [-0.3, -0.25) is 0 Å². The maximum Gasteiger partial charge on any atom is 0.145 e. The van der Waals surface area contributed by atoms with Crippen LogP contribution in [0.5, 0.6) is 5.75 Å². The number of fused-ring (bicyclic) bond motifs is 1. The second-order valence-electron chi connectivity index (χ2n) is 7.37. The summed E-state index contributed by atoms with van der Waals surface area (Å²) in [5, 5.41) is 0. The number of hydrogen-bond donors (Lipinski definition) is 0. The molecule has 21 heavy (non-hydrogen) atoms. The Kier molecular flexibility index (Phi) is 2.28. The Morgan fingerprint density at radius 1 is 1.14 bits per heavy atom. The van der Waals surface area contributed by atoms with Crippen molar-refractivity contribution in [1.82, 2.24) is 0 Å². The average Bonchev–Trinajstić information content (AvgIpc) is 2.81. The fraction of sp³-hybridized carbons (Fsp3) is 0.400. The van der Waals surface area contributed by atoms with Gasteiger partial charge >= 0.3 is 0 Å². The molecule has 2 atom stereocenters. The van der Waals surface area contributed by atoms with Crippen molar-refractivity contribution in [2.24, 2.45) is 5.41 Å². The highest BCUT2D eigenvalue weighted by Gasteiger charge is 2.73. The normalized spacial score (nSPS) is 36.8. The third-order valence-electron chi connectivity index (χ3n) is 5.45. The van der Waals surface area contributed by atoms with Gasteiger partial charge < -0.3 is 4.74 Å². The third-order valence-corrected chi connectivity index (χ3v) is 5.45. The Labute approximate surface area is 127 Å². The molecule has 1 saturated carbocycles. The molecular weight excluding hydrogens is 256 g/mol. The van der Waals surface area contributed by atoms with E-state index in [2.05, 4.69) is 76.3 Å². The van der Waals surface area contributed by atoms with Crippen molar-refractivity contribution < 1.29 is 4.74 Å². The fourth-order valence-corrected chi connectivity index (χ4v) is 4.71. The van der Waals surface area contributed by atoms with E-state index in [1.807, 2.05) is 0 Å². The van der Waals surface area contributed by atoms with Gasteiger partial charge in [-0.15, -0.1) is 0 Å². The molecule has 2 aliphatic carbocycles. The number of rotatable bonds is 1. The van der Waals surface area contributed by atoms with Crippen LogP contribution in [0.25, 0.3) is 0 Å². The predicted octanol–water partition coefficient (Wildman–Crippen LogP) is 4.95. The molecule has 0 bridgehead atoms. The number of ether oxygens (including phenoxy) is 1. The summed E-state index contributed by atoms with van der Waals surface area (Å²) >= 11 is 0. The summed E-state index contributed by atoms with van der Waals surface area (Å²) in [5.74, 6) is 1.06. The molecule has 4 rings (SSSR count). The zero-order valence-corrected chi connectivity index (χ0v) is 13.2. The van der Waals surface area contributed by atoms with Crippen LogP contribution >= 0.6 is 0 Å². The van der Waals surface area contributed by atoms with Crippen LogP contribution in [0.15, 0.2) is 59.7 Å². The van der Waals surface area contributed by atoms with E-state index in [-0.39, 0.29) is 16.4 Å². The minimum atomic E-state index is -0.213. The van der Waals surface area contributed by atoms with Crippen LogP contribution in [0.1, 0.15) is 39.7 Å². The van der Waals surface area contributed by atoms with Crippen LogP contribution in [0, 0.1) is 5.41 Å². The van der Waals surface area contributed by atoms with Gasteiger partial charge in [0.1, 0.15) is 11.4 Å². The van der Waals surface area contributed by atoms with Gasteiger partial charge in [-0.2, -0.15) is 0 Å². The van der Waals surface area contributed by atoms with Gasteiger partial charge in [-0.05, 0) is 37.3 Å². The van der Waals surface area contributed by atoms with Crippen molar-refractivity contribution >= 4 is 0 Å². The molecule has 0 amide bonds. The van der Waals surface area contributed by atoms with Crippen LogP contribution in [-0.2, 0) is 5.41 Å². The summed E-state index contributed by atoms with van der Waals surface area (Å²) < 4.78 is 6.46. The van der Waals surface area contributed by atoms with Gasteiger partial charge in [0.25, 0.3) is 0 Å². The van der Waals surface area contributed by atoms with E-state index < -0.39 is 0 Å². The van der Waals surface area contributed by atoms with Crippen molar-refractivity contribution in [2.45, 2.75) is 45.1 Å². The SMILES string of the molecule is C/C=C\C=C1\C2=CC(C)(C)CC23c2ccccc2OC13C. The minimum absolute atomic E-state index is 0.0561. The van der Waals surface area contributed by atoms with E-state index >= 15 is 0 Å². The van der Waals surface area contributed by atoms with E-state index in [4.69, 9.17) is 4.74 Å². The molecule has 1 fully saturated rings. The second-order valence-corrected chi connectivity index (χ2v) is 7.37. The Balaban J connectivity index is 1.97. The summed E-state index contributed by atoms with van der Waals surface area (Å²) in [6, 6.07) is 8.58. The molecule has 1 aliphatic heterocycles. The molecule has 1 aromatic rings. The number of allylic oxidation sites excluding steroid dienone is 4. The van der Waals surface area contributed by atoms with Gasteiger partial charge in [0.15, 0.2) is 0 Å². The Morgan fingerprint density at radius 2 is 1.90 bits per heavy atom. The monoisotopic (exact) mass is 278 g/mol. The smallest absolute Gasteiger partial charge is 0.145 e. The highest BCUT2D eigenvalue weighted by Crippen LogP contribution is 2.73. The lowest BCUT2D eigenvalue weighted by molar-refractivity contribution is 0.0461. The molecule has 0 aromatic heterocycles. The van der Waals surface area contributed by atoms with Crippen molar-refractivity contribution in [3.63, 3.8) is 0 Å². The maximum absolute atomic E-state index is 6.46. The molecule has 108 valence electrons. The van der Waals surface area contributed by atoms with Gasteiger partial charge in [-0.25, -0.2) is 0 Å². The van der Waals surface area contributed by atoms with Gasteiger partial charge in [0.05, 0.1) is 5.41 Å². The van der Waals surface area contributed by atoms with Crippen LogP contribution < -0.4 is 4.74 Å². The van der Waals surface area contributed by atoms with Crippen molar-refractivity contribution in [2.75, 3.05) is 0 Å². The third kappa shape index (κ3) is 1.33. The van der Waals surface area contributed by atoms with Gasteiger partial charge in [0.2, 0.25) is 0 Å². The topological polar surface area (TPSA) is 9.23 Å². The summed E-state index contributed by atoms with van der Waals surface area (Å²) in [6.45, 7) is 8.99. The fourth-order valence-electron chi connectivity index (χ4n) is 4.71. The summed E-state index contributed by atoms with van der Waals surface area (Å²) in [6.07, 6.45) is 10.0. The van der Waals surface area contributed by atoms with Crippen LogP contribution in [-0.4, -0.2) is 5.60 Å². The standard InChI is InChI=1S/C20H22O/c1-5-6-9-14-16-12-18(2,3)13-20(16)15-10-7-8-11-17(15)21-19(14,20)4/h5-12H,13H2,1-4H3/b6-5-,14-9-. The molecule has 2 unspecified atom stereocenters. The molecule has 1 heteroatoms. The highest BCUT2D eigenvalue weighted by molar-refractivity contribution is 5.74. The molecule has 1 heterocycles. The average molecular weight is 278 g/mol. The van der Waals surface area contributed by atoms with E-state index in [0.717, 1.165) is 12.2 Å². The van der Waals surface area contributed by atoms with Crippen molar-refractivity contribution in [3.8, 4) is 5.75 Å². The molecular formula is C20H22O. The molecule has 1 aromatic carbocycles. The first kappa shape index (κ1) is 12.9. The van der Waals surface area contributed by atoms with E-state index in [1.54, 1.807) is 0 Å². The van der Waals surface area contributed by atoms with Crippen LogP contribution in [0.2, 0.25) is 0 Å². The minimum Gasteiger partial charge on any atom is -0.481 e. The summed E-state index contributed by atoms with van der Waals surface area (Å²) in [7, 11) is 0. The predicted molar refractivity (Wildman–Crippen MR) is 86.5 cm³/mol. The first-order valence-electron chi connectivity index (χ1n) is 7.80. The number of benzene rings is 1. The van der Waals surface area contributed by atoms with Crippen LogP contribution in [0.3, 0.4) is 0 Å². The highest BCUT2D eigenvalue weighted by atomic mass is 16.5. The lowest BCUT2D eigenvalue weighted by atomic mass is 9.49. The van der Waals surface area contributed by atoms with E-state index in [0.29, 0.717) is 0 Å². The molecule has 1 spiro atoms. The maximum atomic E-state index is 6.46. The molecule has 0 saturated heterocycles. The first-order valence-corrected chi connectivity index (χ1v) is 7.80. The lowest BCUT2D eigenvalue weighted by Gasteiger charge is -2.54. The van der Waals surface area contributed by atoms with Crippen molar-refractivity contribution in [3.05, 3.63) is 65.3 Å². The first-order chi connectivity index (χ1) is 9.95. The molecule has 1 nitrogen and oxygen atoms in total. The van der Waals surface area contributed by atoms with Gasteiger partial charge in [0, 0.05) is 11.1 Å².